The summed E-state index contributed by atoms with van der Waals surface area (Å²) in [5.74, 6) is 0. The molecule has 0 bridgehead atoms. The van der Waals surface area contributed by atoms with E-state index in [4.69, 9.17) is 0 Å². The van der Waals surface area contributed by atoms with Gasteiger partial charge in [0, 0.05) is 66.1 Å². The summed E-state index contributed by atoms with van der Waals surface area (Å²) in [4.78, 5) is 6.88. The van der Waals surface area contributed by atoms with Crippen LogP contribution in [0.2, 0.25) is 0 Å². The van der Waals surface area contributed by atoms with Crippen LogP contribution in [0.5, 0.6) is 0 Å². The number of nitrogens with zero attached hydrogens (tertiary/aromatic N) is 3. The second-order valence-electron chi connectivity index (χ2n) is 17.9. The molecule has 3 aromatic heterocycles. The van der Waals surface area contributed by atoms with Gasteiger partial charge in [-0.3, -0.25) is 4.98 Å². The van der Waals surface area contributed by atoms with Crippen LogP contribution < -0.4 is 4.90 Å². The summed E-state index contributed by atoms with van der Waals surface area (Å²) in [6, 6.07) is 87.5. The van der Waals surface area contributed by atoms with Crippen LogP contribution >= 0.6 is 11.3 Å². The van der Waals surface area contributed by atoms with Gasteiger partial charge in [0.2, 0.25) is 0 Å². The maximum atomic E-state index is 4.48. The standard InChI is InChI=1S/C64H41N3S/c1-3-15-45(16-4-1)64(46-17-5-2-6-18-46)57-35-27-44(39-54(57)53-21-11-13-43-14-12-22-58(64)63(43)53)42-25-28-47(29-26-42)66(50-34-36-62-55(40-50)52-20-8-10-24-61(52)68-62)48-30-32-49(33-31-48)67-59-23-9-7-19-51(59)56-41-65-38-37-60(56)67/h1-41H. The van der Waals surface area contributed by atoms with Gasteiger partial charge in [-0.05, 0) is 134 Å². The van der Waals surface area contributed by atoms with Crippen LogP contribution in [0.1, 0.15) is 22.3 Å². The molecule has 13 aromatic rings. The van der Waals surface area contributed by atoms with Gasteiger partial charge in [-0.25, -0.2) is 0 Å². The second-order valence-corrected chi connectivity index (χ2v) is 19.0. The summed E-state index contributed by atoms with van der Waals surface area (Å²) in [7, 11) is 0. The molecule has 0 saturated carbocycles. The van der Waals surface area contributed by atoms with Crippen molar-refractivity contribution in [3.05, 3.63) is 271 Å². The molecule has 1 aliphatic rings. The van der Waals surface area contributed by atoms with Crippen LogP contribution in [-0.2, 0) is 5.41 Å². The minimum absolute atomic E-state index is 0.502. The molecule has 14 rings (SSSR count). The Morgan fingerprint density at radius 2 is 1.04 bits per heavy atom. The first-order valence-corrected chi connectivity index (χ1v) is 24.1. The monoisotopic (exact) mass is 883 g/mol. The Labute approximate surface area is 398 Å². The fourth-order valence-electron chi connectivity index (χ4n) is 11.4. The van der Waals surface area contributed by atoms with E-state index in [1.54, 1.807) is 0 Å². The van der Waals surface area contributed by atoms with Gasteiger partial charge in [0.1, 0.15) is 0 Å². The summed E-state index contributed by atoms with van der Waals surface area (Å²) in [5, 5.41) is 7.48. The van der Waals surface area contributed by atoms with Crippen LogP contribution in [-0.4, -0.2) is 9.55 Å². The summed E-state index contributed by atoms with van der Waals surface area (Å²) in [6.07, 6.45) is 3.86. The van der Waals surface area contributed by atoms with E-state index in [0.29, 0.717) is 0 Å². The Hall–Kier alpha value is -8.57. The third-order valence-electron chi connectivity index (χ3n) is 14.4. The van der Waals surface area contributed by atoms with Crippen molar-refractivity contribution < 1.29 is 0 Å². The van der Waals surface area contributed by atoms with E-state index in [1.807, 2.05) is 23.7 Å². The molecule has 4 heteroatoms. The number of hydrogen-bond acceptors (Lipinski definition) is 3. The van der Waals surface area contributed by atoms with Gasteiger partial charge in [0.25, 0.3) is 0 Å². The summed E-state index contributed by atoms with van der Waals surface area (Å²) >= 11 is 1.85. The van der Waals surface area contributed by atoms with Gasteiger partial charge < -0.3 is 9.47 Å². The van der Waals surface area contributed by atoms with Crippen LogP contribution in [0.15, 0.2) is 249 Å². The van der Waals surface area contributed by atoms with E-state index in [-0.39, 0.29) is 0 Å². The predicted molar refractivity (Wildman–Crippen MR) is 286 cm³/mol. The van der Waals surface area contributed by atoms with Crippen molar-refractivity contribution >= 4 is 81.1 Å². The van der Waals surface area contributed by atoms with E-state index in [2.05, 4.69) is 251 Å². The normalized spacial score (nSPS) is 12.8. The highest BCUT2D eigenvalue weighted by Gasteiger charge is 2.44. The molecular weight excluding hydrogens is 843 g/mol. The number of thiophene rings is 1. The van der Waals surface area contributed by atoms with Crippen LogP contribution in [0.4, 0.5) is 17.1 Å². The lowest BCUT2D eigenvalue weighted by atomic mass is 9.59. The van der Waals surface area contributed by atoms with Gasteiger partial charge in [-0.1, -0.05) is 158 Å². The van der Waals surface area contributed by atoms with Crippen molar-refractivity contribution in [2.45, 2.75) is 5.41 Å². The molecule has 3 heterocycles. The number of pyridine rings is 1. The van der Waals surface area contributed by atoms with E-state index in [0.717, 1.165) is 33.7 Å². The van der Waals surface area contributed by atoms with Gasteiger partial charge in [0.05, 0.1) is 16.4 Å². The maximum absolute atomic E-state index is 4.48. The molecule has 318 valence electrons. The molecule has 1 aliphatic carbocycles. The van der Waals surface area contributed by atoms with E-state index in [1.165, 1.54) is 86.4 Å². The molecule has 0 radical (unpaired) electrons. The minimum atomic E-state index is -0.502. The molecule has 0 aliphatic heterocycles. The Balaban J connectivity index is 0.915. The van der Waals surface area contributed by atoms with E-state index < -0.39 is 5.41 Å². The van der Waals surface area contributed by atoms with Crippen molar-refractivity contribution in [3.63, 3.8) is 0 Å². The van der Waals surface area contributed by atoms with E-state index >= 15 is 0 Å². The number of para-hydroxylation sites is 1. The minimum Gasteiger partial charge on any atom is -0.310 e. The molecule has 68 heavy (non-hydrogen) atoms. The summed E-state index contributed by atoms with van der Waals surface area (Å²) < 4.78 is 4.94. The zero-order chi connectivity index (χ0) is 44.8. The molecule has 0 saturated heterocycles. The average molecular weight is 884 g/mol. The fourth-order valence-corrected chi connectivity index (χ4v) is 12.5. The number of anilines is 3. The number of benzene rings is 10. The topological polar surface area (TPSA) is 21.1 Å². The molecule has 0 N–H and O–H groups in total. The number of hydrogen-bond donors (Lipinski definition) is 0. The predicted octanol–water partition coefficient (Wildman–Crippen LogP) is 17.2. The highest BCUT2D eigenvalue weighted by molar-refractivity contribution is 7.25. The quantitative estimate of drug-likeness (QED) is 0.159. The molecular formula is C64H41N3S. The average Bonchev–Trinajstić information content (AvgIpc) is 3.96. The van der Waals surface area contributed by atoms with Gasteiger partial charge in [-0.2, -0.15) is 0 Å². The Morgan fingerprint density at radius 1 is 0.412 bits per heavy atom. The zero-order valence-electron chi connectivity index (χ0n) is 36.9. The molecule has 3 nitrogen and oxygen atoms in total. The smallest absolute Gasteiger partial charge is 0.0713 e. The molecule has 0 amide bonds. The van der Waals surface area contributed by atoms with Crippen molar-refractivity contribution in [3.8, 4) is 27.9 Å². The lowest BCUT2D eigenvalue weighted by molar-refractivity contribution is 0.750. The van der Waals surface area contributed by atoms with Crippen LogP contribution in [0.3, 0.4) is 0 Å². The second kappa shape index (κ2) is 15.2. The summed E-state index contributed by atoms with van der Waals surface area (Å²) in [6.45, 7) is 0. The lowest BCUT2D eigenvalue weighted by Crippen LogP contribution is -2.33. The number of rotatable bonds is 7. The molecule has 10 aromatic carbocycles. The van der Waals surface area contributed by atoms with Crippen molar-refractivity contribution in [1.82, 2.24) is 9.55 Å². The maximum Gasteiger partial charge on any atom is 0.0713 e. The number of fused-ring (bicyclic) bond motifs is 8. The largest absolute Gasteiger partial charge is 0.310 e. The highest BCUT2D eigenvalue weighted by atomic mass is 32.1. The van der Waals surface area contributed by atoms with Crippen LogP contribution in [0, 0.1) is 0 Å². The van der Waals surface area contributed by atoms with Crippen molar-refractivity contribution in [1.29, 1.82) is 0 Å². The SMILES string of the molecule is c1ccc(C2(c3ccccc3)c3ccc(-c4ccc(N(c5ccc(-n6c7ccccc7c7cnccc76)cc5)c5ccc6sc7ccccc7c6c5)cc4)cc3-c3cccc4cccc2c34)cc1. The Morgan fingerprint density at radius 3 is 1.82 bits per heavy atom. The third kappa shape index (κ3) is 5.74. The first-order valence-electron chi connectivity index (χ1n) is 23.3. The van der Waals surface area contributed by atoms with E-state index in [9.17, 15) is 0 Å². The molecule has 0 unspecified atom stereocenters. The fraction of sp³-hybridized carbons (Fsp3) is 0.0156. The Kier molecular flexibility index (Phi) is 8.67. The first-order chi connectivity index (χ1) is 33.7. The Bertz CT molecular complexity index is 3980. The molecule has 0 fully saturated rings. The van der Waals surface area contributed by atoms with Gasteiger partial charge in [0.15, 0.2) is 0 Å². The molecule has 0 atom stereocenters. The van der Waals surface area contributed by atoms with Crippen molar-refractivity contribution in [2.75, 3.05) is 4.90 Å². The van der Waals surface area contributed by atoms with Gasteiger partial charge >= 0.3 is 0 Å². The zero-order valence-corrected chi connectivity index (χ0v) is 37.7. The summed E-state index contributed by atoms with van der Waals surface area (Å²) in [5.41, 5.74) is 16.2. The number of aromatic nitrogens is 2. The molecule has 0 spiro atoms. The third-order valence-corrected chi connectivity index (χ3v) is 15.5. The van der Waals surface area contributed by atoms with Crippen molar-refractivity contribution in [2.24, 2.45) is 0 Å². The lowest BCUT2D eigenvalue weighted by Gasteiger charge is -2.42. The van der Waals surface area contributed by atoms with Crippen LogP contribution in [0.25, 0.3) is 80.7 Å². The highest BCUT2D eigenvalue weighted by Crippen LogP contribution is 2.56. The first kappa shape index (κ1) is 38.7. The van der Waals surface area contributed by atoms with Gasteiger partial charge in [-0.15, -0.1) is 11.3 Å².